The molecule has 1 rings (SSSR count). The Morgan fingerprint density at radius 2 is 1.89 bits per heavy atom. The highest BCUT2D eigenvalue weighted by molar-refractivity contribution is 5.99. The zero-order valence-corrected chi connectivity index (χ0v) is 11.8. The number of carbonyl (C=O) groups excluding carboxylic acids is 1. The number of carbonyl (C=O) groups is 1. The summed E-state index contributed by atoms with van der Waals surface area (Å²) in [5.41, 5.74) is 2.02. The molecule has 3 heteroatoms. The lowest BCUT2D eigenvalue weighted by atomic mass is 9.99. The van der Waals surface area contributed by atoms with Crippen LogP contribution in [-0.4, -0.2) is 18.6 Å². The molecule has 0 aliphatic heterocycles. The molecule has 0 atom stereocenters. The van der Waals surface area contributed by atoms with Crippen LogP contribution in [-0.2, 0) is 0 Å². The molecule has 1 N–H and O–H groups in total. The fourth-order valence-electron chi connectivity index (χ4n) is 1.61. The Labute approximate surface area is 109 Å². The first-order valence-electron chi connectivity index (χ1n) is 5.91. The van der Waals surface area contributed by atoms with Crippen molar-refractivity contribution in [1.82, 2.24) is 5.32 Å². The molecule has 0 bridgehead atoms. The van der Waals surface area contributed by atoms with E-state index in [-0.39, 0.29) is 11.4 Å². The second-order valence-corrected chi connectivity index (χ2v) is 5.40. The summed E-state index contributed by atoms with van der Waals surface area (Å²) in [4.78, 5) is 12.2. The average Bonchev–Trinajstić information content (AvgIpc) is 2.25. The van der Waals surface area contributed by atoms with Gasteiger partial charge in [-0.25, -0.2) is 0 Å². The Morgan fingerprint density at radius 3 is 2.33 bits per heavy atom. The molecule has 0 fully saturated rings. The standard InChI is InChI=1S/C15H21NO2/c1-10(2)13-9-11(18-6)7-8-12(13)14(17)16-15(3,4)5/h7-9H,1H2,2-6H3,(H,16,17). The number of allylic oxidation sites excluding steroid dienone is 1. The van der Waals surface area contributed by atoms with E-state index in [0.29, 0.717) is 5.56 Å². The van der Waals surface area contributed by atoms with E-state index in [1.807, 2.05) is 33.8 Å². The molecule has 0 aliphatic carbocycles. The van der Waals surface area contributed by atoms with Gasteiger partial charge in [-0.15, -0.1) is 0 Å². The van der Waals surface area contributed by atoms with Crippen molar-refractivity contribution in [2.45, 2.75) is 33.2 Å². The number of hydrogen-bond acceptors (Lipinski definition) is 2. The van der Waals surface area contributed by atoms with Crippen LogP contribution < -0.4 is 10.1 Å². The summed E-state index contributed by atoms with van der Waals surface area (Å²) in [6.45, 7) is 11.6. The van der Waals surface area contributed by atoms with Gasteiger partial charge in [0.15, 0.2) is 0 Å². The van der Waals surface area contributed by atoms with E-state index in [2.05, 4.69) is 11.9 Å². The van der Waals surface area contributed by atoms with Gasteiger partial charge in [0.05, 0.1) is 7.11 Å². The molecule has 0 radical (unpaired) electrons. The summed E-state index contributed by atoms with van der Waals surface area (Å²) in [6, 6.07) is 5.38. The summed E-state index contributed by atoms with van der Waals surface area (Å²) < 4.78 is 5.17. The topological polar surface area (TPSA) is 38.3 Å². The highest BCUT2D eigenvalue weighted by Gasteiger charge is 2.18. The molecule has 0 spiro atoms. The van der Waals surface area contributed by atoms with Crippen LogP contribution >= 0.6 is 0 Å². The number of rotatable bonds is 3. The Morgan fingerprint density at radius 1 is 1.28 bits per heavy atom. The van der Waals surface area contributed by atoms with Gasteiger partial charge in [0, 0.05) is 11.1 Å². The van der Waals surface area contributed by atoms with Crippen LogP contribution in [0.5, 0.6) is 5.75 Å². The molecule has 1 aromatic rings. The van der Waals surface area contributed by atoms with Crippen LogP contribution in [0.3, 0.4) is 0 Å². The lowest BCUT2D eigenvalue weighted by Gasteiger charge is -2.21. The van der Waals surface area contributed by atoms with Gasteiger partial charge in [-0.2, -0.15) is 0 Å². The van der Waals surface area contributed by atoms with Crippen molar-refractivity contribution in [3.63, 3.8) is 0 Å². The molecule has 18 heavy (non-hydrogen) atoms. The maximum Gasteiger partial charge on any atom is 0.252 e. The first-order valence-corrected chi connectivity index (χ1v) is 5.91. The third-order valence-corrected chi connectivity index (χ3v) is 2.42. The van der Waals surface area contributed by atoms with Crippen LogP contribution in [0, 0.1) is 0 Å². The second-order valence-electron chi connectivity index (χ2n) is 5.40. The van der Waals surface area contributed by atoms with Gasteiger partial charge in [-0.05, 0) is 51.5 Å². The van der Waals surface area contributed by atoms with Gasteiger partial charge in [-0.1, -0.05) is 12.2 Å². The number of ether oxygens (including phenoxy) is 1. The van der Waals surface area contributed by atoms with Gasteiger partial charge in [0.25, 0.3) is 5.91 Å². The predicted octanol–water partition coefficient (Wildman–Crippen LogP) is 3.26. The number of methoxy groups -OCH3 is 1. The normalized spacial score (nSPS) is 10.9. The zero-order valence-electron chi connectivity index (χ0n) is 11.8. The maximum atomic E-state index is 12.2. The minimum Gasteiger partial charge on any atom is -0.497 e. The van der Waals surface area contributed by atoms with Crippen LogP contribution in [0.25, 0.3) is 5.57 Å². The van der Waals surface area contributed by atoms with Gasteiger partial charge >= 0.3 is 0 Å². The molecule has 0 aromatic heterocycles. The zero-order chi connectivity index (χ0) is 13.9. The van der Waals surface area contributed by atoms with Crippen LogP contribution in [0.15, 0.2) is 24.8 Å². The molecular weight excluding hydrogens is 226 g/mol. The van der Waals surface area contributed by atoms with E-state index in [0.717, 1.165) is 16.9 Å². The fourth-order valence-corrected chi connectivity index (χ4v) is 1.61. The smallest absolute Gasteiger partial charge is 0.252 e. The van der Waals surface area contributed by atoms with E-state index in [1.165, 1.54) is 0 Å². The highest BCUT2D eigenvalue weighted by Crippen LogP contribution is 2.23. The van der Waals surface area contributed by atoms with Crippen LogP contribution in [0.2, 0.25) is 0 Å². The largest absolute Gasteiger partial charge is 0.497 e. The Kier molecular flexibility index (Phi) is 4.17. The maximum absolute atomic E-state index is 12.2. The van der Waals surface area contributed by atoms with Crippen molar-refractivity contribution >= 4 is 11.5 Å². The average molecular weight is 247 g/mol. The third-order valence-electron chi connectivity index (χ3n) is 2.42. The second kappa shape index (κ2) is 5.25. The number of amides is 1. The Balaban J connectivity index is 3.16. The first kappa shape index (κ1) is 14.3. The van der Waals surface area contributed by atoms with Crippen LogP contribution in [0.4, 0.5) is 0 Å². The SMILES string of the molecule is C=C(C)c1cc(OC)ccc1C(=O)NC(C)(C)C. The Hall–Kier alpha value is -1.77. The van der Waals surface area contributed by atoms with Crippen molar-refractivity contribution in [3.8, 4) is 5.75 Å². The number of nitrogens with one attached hydrogen (secondary N) is 1. The predicted molar refractivity (Wildman–Crippen MR) is 74.9 cm³/mol. The van der Waals surface area contributed by atoms with E-state index < -0.39 is 0 Å². The number of benzene rings is 1. The molecule has 0 heterocycles. The molecule has 0 saturated carbocycles. The van der Waals surface area contributed by atoms with E-state index in [4.69, 9.17) is 4.74 Å². The molecule has 98 valence electrons. The van der Waals surface area contributed by atoms with Gasteiger partial charge in [-0.3, -0.25) is 4.79 Å². The van der Waals surface area contributed by atoms with Gasteiger partial charge in [0.1, 0.15) is 5.75 Å². The monoisotopic (exact) mass is 247 g/mol. The quantitative estimate of drug-likeness (QED) is 0.890. The lowest BCUT2D eigenvalue weighted by Crippen LogP contribution is -2.40. The fraction of sp³-hybridized carbons (Fsp3) is 0.400. The minimum atomic E-state index is -0.261. The summed E-state index contributed by atoms with van der Waals surface area (Å²) in [5.74, 6) is 0.628. The van der Waals surface area contributed by atoms with E-state index in [1.54, 1.807) is 19.2 Å². The highest BCUT2D eigenvalue weighted by atomic mass is 16.5. The summed E-state index contributed by atoms with van der Waals surface area (Å²) in [6.07, 6.45) is 0. The van der Waals surface area contributed by atoms with Gasteiger partial charge < -0.3 is 10.1 Å². The molecule has 1 aromatic carbocycles. The van der Waals surface area contributed by atoms with Crippen LogP contribution in [0.1, 0.15) is 43.6 Å². The molecule has 0 unspecified atom stereocenters. The minimum absolute atomic E-state index is 0.0943. The lowest BCUT2D eigenvalue weighted by molar-refractivity contribution is 0.0919. The summed E-state index contributed by atoms with van der Waals surface area (Å²) in [7, 11) is 1.60. The molecule has 0 saturated heterocycles. The van der Waals surface area contributed by atoms with Gasteiger partial charge in [0.2, 0.25) is 0 Å². The van der Waals surface area contributed by atoms with E-state index >= 15 is 0 Å². The molecule has 3 nitrogen and oxygen atoms in total. The van der Waals surface area contributed by atoms with E-state index in [9.17, 15) is 4.79 Å². The molecule has 1 amide bonds. The third kappa shape index (κ3) is 3.62. The Bertz CT molecular complexity index is 470. The van der Waals surface area contributed by atoms with Crippen molar-refractivity contribution in [3.05, 3.63) is 35.9 Å². The summed E-state index contributed by atoms with van der Waals surface area (Å²) in [5, 5.41) is 2.95. The molecule has 0 aliphatic rings. The molecular formula is C15H21NO2. The van der Waals surface area contributed by atoms with Crippen molar-refractivity contribution < 1.29 is 9.53 Å². The number of hydrogen-bond donors (Lipinski definition) is 1. The van der Waals surface area contributed by atoms with Crippen molar-refractivity contribution in [2.24, 2.45) is 0 Å². The van der Waals surface area contributed by atoms with Crippen molar-refractivity contribution in [1.29, 1.82) is 0 Å². The van der Waals surface area contributed by atoms with Crippen molar-refractivity contribution in [2.75, 3.05) is 7.11 Å². The first-order chi connectivity index (χ1) is 8.24. The summed E-state index contributed by atoms with van der Waals surface area (Å²) >= 11 is 0.